The molecular formula is C17H16O3. The van der Waals surface area contributed by atoms with Crippen LogP contribution >= 0.6 is 0 Å². The van der Waals surface area contributed by atoms with Crippen molar-refractivity contribution in [2.24, 2.45) is 0 Å². The average molecular weight is 268 g/mol. The normalized spacial score (nSPS) is 14.4. The Morgan fingerprint density at radius 2 is 1.80 bits per heavy atom. The lowest BCUT2D eigenvalue weighted by Crippen LogP contribution is -2.07. The molecular weight excluding hydrogens is 252 g/mol. The Balaban J connectivity index is 2.00. The zero-order chi connectivity index (χ0) is 14.1. The summed E-state index contributed by atoms with van der Waals surface area (Å²) in [6.07, 6.45) is 1.85. The minimum Gasteiger partial charge on any atom is -0.481 e. The molecule has 0 spiro atoms. The van der Waals surface area contributed by atoms with E-state index in [0.29, 0.717) is 0 Å². The highest BCUT2D eigenvalue weighted by atomic mass is 16.5. The number of aliphatic carboxylic acids is 1. The average Bonchev–Trinajstić information content (AvgIpc) is 2.64. The first-order chi connectivity index (χ1) is 9.65. The summed E-state index contributed by atoms with van der Waals surface area (Å²) in [5.74, 6) is 0.299. The summed E-state index contributed by atoms with van der Waals surface area (Å²) in [6, 6.07) is 13.7. The van der Waals surface area contributed by atoms with Crippen molar-refractivity contribution < 1.29 is 14.6 Å². The van der Waals surface area contributed by atoms with Crippen molar-refractivity contribution in [1.29, 1.82) is 0 Å². The fourth-order valence-corrected chi connectivity index (χ4v) is 2.48. The molecule has 2 aromatic rings. The molecule has 1 N–H and O–H groups in total. The Morgan fingerprint density at radius 1 is 1.10 bits per heavy atom. The smallest absolute Gasteiger partial charge is 0.310 e. The Labute approximate surface area is 117 Å². The van der Waals surface area contributed by atoms with Gasteiger partial charge in [-0.25, -0.2) is 0 Å². The SMILES string of the molecule is CC(C(=O)O)c1ccc2c(c1)Oc1ccccc1CC2. The summed E-state index contributed by atoms with van der Waals surface area (Å²) in [5, 5.41) is 9.11. The number of ether oxygens (including phenoxy) is 1. The van der Waals surface area contributed by atoms with Gasteiger partial charge < -0.3 is 9.84 Å². The van der Waals surface area contributed by atoms with E-state index in [0.717, 1.165) is 35.5 Å². The van der Waals surface area contributed by atoms with Gasteiger partial charge in [0.25, 0.3) is 0 Å². The first kappa shape index (κ1) is 12.7. The van der Waals surface area contributed by atoms with E-state index in [-0.39, 0.29) is 0 Å². The molecule has 20 heavy (non-hydrogen) atoms. The lowest BCUT2D eigenvalue weighted by atomic mass is 9.97. The van der Waals surface area contributed by atoms with Crippen LogP contribution in [0.5, 0.6) is 11.5 Å². The predicted octanol–water partition coefficient (Wildman–Crippen LogP) is 3.77. The number of fused-ring (bicyclic) bond motifs is 2. The maximum atomic E-state index is 11.1. The van der Waals surface area contributed by atoms with Gasteiger partial charge in [0.15, 0.2) is 0 Å². The summed E-state index contributed by atoms with van der Waals surface area (Å²) in [5.41, 5.74) is 3.09. The molecule has 1 unspecified atom stereocenters. The van der Waals surface area contributed by atoms with Gasteiger partial charge in [0.1, 0.15) is 11.5 Å². The molecule has 1 heterocycles. The lowest BCUT2D eigenvalue weighted by molar-refractivity contribution is -0.138. The van der Waals surface area contributed by atoms with Crippen LogP contribution < -0.4 is 4.74 Å². The van der Waals surface area contributed by atoms with Gasteiger partial charge in [-0.2, -0.15) is 0 Å². The Hall–Kier alpha value is -2.29. The van der Waals surface area contributed by atoms with Crippen molar-refractivity contribution in [2.45, 2.75) is 25.7 Å². The largest absolute Gasteiger partial charge is 0.481 e. The number of rotatable bonds is 2. The second-order valence-electron chi connectivity index (χ2n) is 5.14. The molecule has 0 fully saturated rings. The highest BCUT2D eigenvalue weighted by molar-refractivity contribution is 5.75. The first-order valence-electron chi connectivity index (χ1n) is 6.76. The van der Waals surface area contributed by atoms with Crippen molar-refractivity contribution in [2.75, 3.05) is 0 Å². The molecule has 0 radical (unpaired) electrons. The molecule has 0 amide bonds. The number of carbonyl (C=O) groups is 1. The number of para-hydroxylation sites is 1. The fraction of sp³-hybridized carbons (Fsp3) is 0.235. The molecule has 0 saturated heterocycles. The van der Waals surface area contributed by atoms with Gasteiger partial charge in [-0.05, 0) is 48.6 Å². The molecule has 3 nitrogen and oxygen atoms in total. The van der Waals surface area contributed by atoms with Gasteiger partial charge in [0.05, 0.1) is 5.92 Å². The number of carboxylic acids is 1. The molecule has 0 aromatic heterocycles. The van der Waals surface area contributed by atoms with Crippen LogP contribution in [0.4, 0.5) is 0 Å². The van der Waals surface area contributed by atoms with Crippen molar-refractivity contribution in [1.82, 2.24) is 0 Å². The summed E-state index contributed by atoms with van der Waals surface area (Å²) in [4.78, 5) is 11.1. The standard InChI is InChI=1S/C17H16O3/c1-11(17(18)19)14-9-8-13-7-6-12-4-2-3-5-15(12)20-16(13)10-14/h2-5,8-11H,6-7H2,1H3,(H,18,19). The Morgan fingerprint density at radius 3 is 2.55 bits per heavy atom. The zero-order valence-corrected chi connectivity index (χ0v) is 11.3. The van der Waals surface area contributed by atoms with E-state index >= 15 is 0 Å². The fourth-order valence-electron chi connectivity index (χ4n) is 2.48. The summed E-state index contributed by atoms with van der Waals surface area (Å²) in [6.45, 7) is 1.69. The third-order valence-corrected chi connectivity index (χ3v) is 3.82. The minimum absolute atomic E-state index is 0.526. The monoisotopic (exact) mass is 268 g/mol. The van der Waals surface area contributed by atoms with E-state index in [4.69, 9.17) is 9.84 Å². The highest BCUT2D eigenvalue weighted by Crippen LogP contribution is 2.35. The molecule has 0 saturated carbocycles. The van der Waals surface area contributed by atoms with Gasteiger partial charge in [-0.1, -0.05) is 30.3 Å². The van der Waals surface area contributed by atoms with Gasteiger partial charge in [0.2, 0.25) is 0 Å². The molecule has 1 aliphatic heterocycles. The second kappa shape index (κ2) is 5.00. The van der Waals surface area contributed by atoms with Gasteiger partial charge in [0, 0.05) is 0 Å². The number of aryl methyl sites for hydroxylation is 2. The molecule has 1 atom stereocenters. The van der Waals surface area contributed by atoms with Gasteiger partial charge in [-0.3, -0.25) is 4.79 Å². The van der Waals surface area contributed by atoms with Crippen molar-refractivity contribution in [3.63, 3.8) is 0 Å². The first-order valence-corrected chi connectivity index (χ1v) is 6.76. The Bertz CT molecular complexity index is 661. The molecule has 0 aliphatic carbocycles. The third kappa shape index (κ3) is 2.27. The van der Waals surface area contributed by atoms with E-state index in [9.17, 15) is 4.79 Å². The molecule has 3 heteroatoms. The maximum absolute atomic E-state index is 11.1. The van der Waals surface area contributed by atoms with E-state index in [1.165, 1.54) is 5.56 Å². The minimum atomic E-state index is -0.820. The highest BCUT2D eigenvalue weighted by Gasteiger charge is 2.18. The van der Waals surface area contributed by atoms with Crippen LogP contribution in [0.25, 0.3) is 0 Å². The molecule has 3 rings (SSSR count). The summed E-state index contributed by atoms with van der Waals surface area (Å²) >= 11 is 0. The van der Waals surface area contributed by atoms with Crippen LogP contribution in [-0.2, 0) is 17.6 Å². The van der Waals surface area contributed by atoms with Crippen molar-refractivity contribution in [3.05, 3.63) is 59.2 Å². The topological polar surface area (TPSA) is 46.5 Å². The van der Waals surface area contributed by atoms with Crippen LogP contribution in [0.1, 0.15) is 29.5 Å². The third-order valence-electron chi connectivity index (χ3n) is 3.82. The number of carboxylic acid groups (broad SMARTS) is 1. The van der Waals surface area contributed by atoms with E-state index in [1.807, 2.05) is 36.4 Å². The van der Waals surface area contributed by atoms with Gasteiger partial charge in [-0.15, -0.1) is 0 Å². The zero-order valence-electron chi connectivity index (χ0n) is 11.3. The number of benzene rings is 2. The number of hydrogen-bond donors (Lipinski definition) is 1. The van der Waals surface area contributed by atoms with Crippen LogP contribution in [0, 0.1) is 0 Å². The van der Waals surface area contributed by atoms with Crippen LogP contribution in [-0.4, -0.2) is 11.1 Å². The molecule has 1 aliphatic rings. The number of hydrogen-bond acceptors (Lipinski definition) is 2. The van der Waals surface area contributed by atoms with E-state index in [1.54, 1.807) is 6.92 Å². The maximum Gasteiger partial charge on any atom is 0.310 e. The van der Waals surface area contributed by atoms with Crippen molar-refractivity contribution in [3.8, 4) is 11.5 Å². The quantitative estimate of drug-likeness (QED) is 0.902. The molecule has 0 bridgehead atoms. The van der Waals surface area contributed by atoms with Gasteiger partial charge >= 0.3 is 5.97 Å². The Kier molecular flexibility index (Phi) is 3.18. The summed E-state index contributed by atoms with van der Waals surface area (Å²) < 4.78 is 5.98. The molecule has 102 valence electrons. The van der Waals surface area contributed by atoms with E-state index in [2.05, 4.69) is 6.07 Å². The van der Waals surface area contributed by atoms with Crippen LogP contribution in [0.15, 0.2) is 42.5 Å². The summed E-state index contributed by atoms with van der Waals surface area (Å²) in [7, 11) is 0. The second-order valence-corrected chi connectivity index (χ2v) is 5.14. The molecule has 2 aromatic carbocycles. The lowest BCUT2D eigenvalue weighted by Gasteiger charge is -2.12. The van der Waals surface area contributed by atoms with Crippen LogP contribution in [0.2, 0.25) is 0 Å². The predicted molar refractivity (Wildman–Crippen MR) is 76.4 cm³/mol. The van der Waals surface area contributed by atoms with E-state index < -0.39 is 11.9 Å². The van der Waals surface area contributed by atoms with Crippen molar-refractivity contribution >= 4 is 5.97 Å². The van der Waals surface area contributed by atoms with Crippen LogP contribution in [0.3, 0.4) is 0 Å².